The summed E-state index contributed by atoms with van der Waals surface area (Å²) < 4.78 is 51.2. The smallest absolute Gasteiger partial charge is 0.243 e. The van der Waals surface area contributed by atoms with Gasteiger partial charge in [-0.3, -0.25) is 0 Å². The van der Waals surface area contributed by atoms with Crippen molar-refractivity contribution in [2.24, 2.45) is 0 Å². The third-order valence-electron chi connectivity index (χ3n) is 2.78. The van der Waals surface area contributed by atoms with Gasteiger partial charge in [-0.05, 0) is 37.1 Å². The predicted molar refractivity (Wildman–Crippen MR) is 59.3 cm³/mol. The monoisotopic (exact) mass is 261 g/mol. The van der Waals surface area contributed by atoms with E-state index in [0.29, 0.717) is 19.4 Å². The summed E-state index contributed by atoms with van der Waals surface area (Å²) in [6.45, 7) is 0.208. The lowest BCUT2D eigenvalue weighted by molar-refractivity contribution is 0.203. The normalized spacial score (nSPS) is 22.6. The lowest BCUT2D eigenvalue weighted by Crippen LogP contribution is -2.40. The Hall–Kier alpha value is -1.01. The van der Waals surface area contributed by atoms with E-state index in [1.807, 2.05) is 0 Å². The number of alkyl halides is 1. The van der Waals surface area contributed by atoms with E-state index in [2.05, 4.69) is 0 Å². The number of halogens is 2. The minimum Gasteiger partial charge on any atom is -0.246 e. The zero-order chi connectivity index (χ0) is 12.5. The Morgan fingerprint density at radius 3 is 2.47 bits per heavy atom. The molecule has 6 heteroatoms. The van der Waals surface area contributed by atoms with Gasteiger partial charge in [-0.1, -0.05) is 0 Å². The van der Waals surface area contributed by atoms with Gasteiger partial charge in [-0.15, -0.1) is 0 Å². The molecule has 1 atom stereocenters. The van der Waals surface area contributed by atoms with Gasteiger partial charge in [0, 0.05) is 13.1 Å². The molecule has 1 aliphatic heterocycles. The number of nitrogens with zero attached hydrogens (tertiary/aromatic N) is 1. The van der Waals surface area contributed by atoms with Crippen molar-refractivity contribution >= 4 is 10.0 Å². The molecule has 0 bridgehead atoms. The SMILES string of the molecule is O=S(=O)(c1ccc(F)cc1)N1CCCC(F)C1. The zero-order valence-electron chi connectivity index (χ0n) is 9.14. The van der Waals surface area contributed by atoms with Crippen molar-refractivity contribution in [1.29, 1.82) is 0 Å². The van der Waals surface area contributed by atoms with Crippen LogP contribution in [0.3, 0.4) is 0 Å². The topological polar surface area (TPSA) is 37.4 Å². The van der Waals surface area contributed by atoms with Crippen LogP contribution < -0.4 is 0 Å². The quantitative estimate of drug-likeness (QED) is 0.816. The molecule has 1 heterocycles. The van der Waals surface area contributed by atoms with E-state index in [4.69, 9.17) is 0 Å². The van der Waals surface area contributed by atoms with Crippen LogP contribution in [0.5, 0.6) is 0 Å². The Morgan fingerprint density at radius 1 is 1.24 bits per heavy atom. The summed E-state index contributed by atoms with van der Waals surface area (Å²) in [5, 5.41) is 0. The van der Waals surface area contributed by atoms with E-state index >= 15 is 0 Å². The first-order valence-electron chi connectivity index (χ1n) is 5.40. The summed E-state index contributed by atoms with van der Waals surface area (Å²) in [4.78, 5) is 0.00741. The van der Waals surface area contributed by atoms with Crippen LogP contribution in [0.15, 0.2) is 29.2 Å². The van der Waals surface area contributed by atoms with E-state index < -0.39 is 22.0 Å². The fourth-order valence-electron chi connectivity index (χ4n) is 1.87. The molecule has 0 spiro atoms. The van der Waals surface area contributed by atoms with Gasteiger partial charge in [0.15, 0.2) is 0 Å². The first-order chi connectivity index (χ1) is 8.00. The highest BCUT2D eigenvalue weighted by Gasteiger charge is 2.29. The Balaban J connectivity index is 2.26. The summed E-state index contributed by atoms with van der Waals surface area (Å²) in [6, 6.07) is 4.58. The van der Waals surface area contributed by atoms with Crippen molar-refractivity contribution in [1.82, 2.24) is 4.31 Å². The molecule has 1 aliphatic rings. The number of piperidine rings is 1. The molecule has 3 nitrogen and oxygen atoms in total. The average molecular weight is 261 g/mol. The van der Waals surface area contributed by atoms with E-state index in [1.165, 1.54) is 12.1 Å². The van der Waals surface area contributed by atoms with Gasteiger partial charge in [-0.25, -0.2) is 17.2 Å². The second-order valence-electron chi connectivity index (χ2n) is 4.06. The molecule has 0 saturated carbocycles. The first-order valence-corrected chi connectivity index (χ1v) is 6.84. The molecule has 0 amide bonds. The van der Waals surface area contributed by atoms with Crippen molar-refractivity contribution in [2.45, 2.75) is 23.9 Å². The highest BCUT2D eigenvalue weighted by atomic mass is 32.2. The van der Waals surface area contributed by atoms with Crippen LogP contribution in [0.2, 0.25) is 0 Å². The molecule has 1 aromatic rings. The summed E-state index contributed by atoms with van der Waals surface area (Å²) in [5.74, 6) is -0.494. The second kappa shape index (κ2) is 4.70. The summed E-state index contributed by atoms with van der Waals surface area (Å²) >= 11 is 0. The minimum absolute atomic E-state index is 0.00741. The van der Waals surface area contributed by atoms with E-state index in [1.54, 1.807) is 0 Å². The molecule has 1 unspecified atom stereocenters. The average Bonchev–Trinajstić information content (AvgIpc) is 2.29. The summed E-state index contributed by atoms with van der Waals surface area (Å²) in [5.41, 5.74) is 0. The standard InChI is InChI=1S/C11H13F2NO2S/c12-9-3-5-11(6-4-9)17(15,16)14-7-1-2-10(13)8-14/h3-6,10H,1-2,7-8H2. The highest BCUT2D eigenvalue weighted by molar-refractivity contribution is 7.89. The summed E-state index contributed by atoms with van der Waals surface area (Å²) in [7, 11) is -3.69. The molecule has 1 aromatic carbocycles. The van der Waals surface area contributed by atoms with Crippen LogP contribution in [-0.2, 0) is 10.0 Å². The minimum atomic E-state index is -3.69. The number of sulfonamides is 1. The molecule has 0 radical (unpaired) electrons. The van der Waals surface area contributed by atoms with Crippen molar-refractivity contribution < 1.29 is 17.2 Å². The maximum Gasteiger partial charge on any atom is 0.243 e. The summed E-state index contributed by atoms with van der Waals surface area (Å²) in [6.07, 6.45) is -0.198. The Bertz CT molecular complexity index is 487. The van der Waals surface area contributed by atoms with Crippen LogP contribution >= 0.6 is 0 Å². The van der Waals surface area contributed by atoms with Crippen LogP contribution in [0.4, 0.5) is 8.78 Å². The number of benzene rings is 1. The van der Waals surface area contributed by atoms with Crippen LogP contribution in [0.1, 0.15) is 12.8 Å². The van der Waals surface area contributed by atoms with E-state index in [9.17, 15) is 17.2 Å². The molecular weight excluding hydrogens is 248 g/mol. The van der Waals surface area contributed by atoms with E-state index in [0.717, 1.165) is 16.4 Å². The lowest BCUT2D eigenvalue weighted by Gasteiger charge is -2.28. The van der Waals surface area contributed by atoms with Gasteiger partial charge in [-0.2, -0.15) is 4.31 Å². The van der Waals surface area contributed by atoms with Crippen LogP contribution in [-0.4, -0.2) is 32.0 Å². The Morgan fingerprint density at radius 2 is 1.88 bits per heavy atom. The Kier molecular flexibility index (Phi) is 3.44. The number of hydrogen-bond donors (Lipinski definition) is 0. The molecular formula is C11H13F2NO2S. The molecule has 1 saturated heterocycles. The molecule has 2 rings (SSSR count). The highest BCUT2D eigenvalue weighted by Crippen LogP contribution is 2.22. The van der Waals surface area contributed by atoms with Gasteiger partial charge in [0.05, 0.1) is 4.90 Å². The fourth-order valence-corrected chi connectivity index (χ4v) is 3.37. The molecule has 94 valence electrons. The second-order valence-corrected chi connectivity index (χ2v) is 5.99. The Labute approximate surface area is 99.1 Å². The maximum absolute atomic E-state index is 13.2. The maximum atomic E-state index is 13.2. The van der Waals surface area contributed by atoms with Crippen LogP contribution in [0.25, 0.3) is 0 Å². The van der Waals surface area contributed by atoms with Gasteiger partial charge in [0.2, 0.25) is 10.0 Å². The molecule has 0 aromatic heterocycles. The van der Waals surface area contributed by atoms with Gasteiger partial charge in [0.25, 0.3) is 0 Å². The van der Waals surface area contributed by atoms with Crippen molar-refractivity contribution in [3.05, 3.63) is 30.1 Å². The predicted octanol–water partition coefficient (Wildman–Crippen LogP) is 1.95. The third kappa shape index (κ3) is 2.63. The van der Waals surface area contributed by atoms with Crippen molar-refractivity contribution in [3.8, 4) is 0 Å². The van der Waals surface area contributed by atoms with Crippen molar-refractivity contribution in [3.63, 3.8) is 0 Å². The van der Waals surface area contributed by atoms with Gasteiger partial charge < -0.3 is 0 Å². The van der Waals surface area contributed by atoms with Gasteiger partial charge >= 0.3 is 0 Å². The fraction of sp³-hybridized carbons (Fsp3) is 0.455. The molecule has 17 heavy (non-hydrogen) atoms. The first kappa shape index (κ1) is 12.4. The number of hydrogen-bond acceptors (Lipinski definition) is 2. The molecule has 0 N–H and O–H groups in total. The van der Waals surface area contributed by atoms with E-state index in [-0.39, 0.29) is 11.4 Å². The largest absolute Gasteiger partial charge is 0.246 e. The third-order valence-corrected chi connectivity index (χ3v) is 4.66. The number of rotatable bonds is 2. The lowest BCUT2D eigenvalue weighted by atomic mass is 10.1. The molecule has 1 fully saturated rings. The van der Waals surface area contributed by atoms with Gasteiger partial charge in [0.1, 0.15) is 12.0 Å². The zero-order valence-corrected chi connectivity index (χ0v) is 9.96. The van der Waals surface area contributed by atoms with Crippen LogP contribution in [0, 0.1) is 5.82 Å². The van der Waals surface area contributed by atoms with Crippen molar-refractivity contribution in [2.75, 3.05) is 13.1 Å². The molecule has 0 aliphatic carbocycles.